The first-order valence-electron chi connectivity index (χ1n) is 5.81. The Morgan fingerprint density at radius 3 is 3.06 bits per heavy atom. The summed E-state index contributed by atoms with van der Waals surface area (Å²) in [7, 11) is 0. The lowest BCUT2D eigenvalue weighted by molar-refractivity contribution is 0.412. The molecule has 1 unspecified atom stereocenters. The van der Waals surface area contributed by atoms with Crippen LogP contribution in [0.25, 0.3) is 0 Å². The number of anilines is 1. The molecule has 2 N–H and O–H groups in total. The third-order valence-electron chi connectivity index (χ3n) is 3.22. The van der Waals surface area contributed by atoms with Crippen molar-refractivity contribution in [3.05, 3.63) is 40.4 Å². The maximum atomic E-state index is 13.2. The number of halogens is 2. The fourth-order valence-electron chi connectivity index (χ4n) is 2.40. The minimum Gasteiger partial charge on any atom is -0.366 e. The van der Waals surface area contributed by atoms with Gasteiger partial charge in [-0.25, -0.2) is 9.07 Å². The Bertz CT molecular complexity index is 596. The van der Waals surface area contributed by atoms with Gasteiger partial charge in [-0.05, 0) is 30.5 Å². The van der Waals surface area contributed by atoms with Gasteiger partial charge in [0.25, 0.3) is 0 Å². The quantitative estimate of drug-likeness (QED) is 0.863. The number of nitrogen functional groups attached to an aromatic ring is 1. The van der Waals surface area contributed by atoms with E-state index in [9.17, 15) is 4.39 Å². The summed E-state index contributed by atoms with van der Waals surface area (Å²) in [5, 5.41) is 4.34. The van der Waals surface area contributed by atoms with E-state index in [0.717, 1.165) is 30.7 Å². The topological polar surface area (TPSA) is 56.7 Å². The summed E-state index contributed by atoms with van der Waals surface area (Å²) in [4.78, 5) is 4.19. The zero-order valence-corrected chi connectivity index (χ0v) is 10.4. The molecule has 1 aliphatic heterocycles. The maximum Gasteiger partial charge on any atom is 0.239 e. The van der Waals surface area contributed by atoms with E-state index in [2.05, 4.69) is 10.1 Å². The molecular weight excluding hydrogens is 255 g/mol. The molecule has 0 aliphatic carbocycles. The van der Waals surface area contributed by atoms with E-state index >= 15 is 0 Å². The Morgan fingerprint density at radius 2 is 2.28 bits per heavy atom. The number of benzene rings is 1. The number of rotatable bonds is 1. The summed E-state index contributed by atoms with van der Waals surface area (Å²) < 4.78 is 15.0. The van der Waals surface area contributed by atoms with E-state index in [1.807, 2.05) is 4.68 Å². The molecule has 1 aromatic carbocycles. The molecule has 0 bridgehead atoms. The SMILES string of the molecule is Nc1nc2n(n1)C(c1ccc(F)c(Cl)c1)CCC2. The first-order valence-corrected chi connectivity index (χ1v) is 6.19. The monoisotopic (exact) mass is 266 g/mol. The van der Waals surface area contributed by atoms with Crippen molar-refractivity contribution >= 4 is 17.5 Å². The number of hydrogen-bond donors (Lipinski definition) is 1. The standard InChI is InChI=1S/C12H12ClFN4/c13-8-6-7(4-5-9(8)14)10-2-1-3-11-16-12(15)17-18(10)11/h4-6,10H,1-3H2,(H2,15,17). The van der Waals surface area contributed by atoms with Gasteiger partial charge in [0, 0.05) is 6.42 Å². The van der Waals surface area contributed by atoms with Crippen molar-refractivity contribution in [1.82, 2.24) is 14.8 Å². The van der Waals surface area contributed by atoms with Crippen LogP contribution in [0, 0.1) is 5.82 Å². The lowest BCUT2D eigenvalue weighted by atomic mass is 9.98. The lowest BCUT2D eigenvalue weighted by Crippen LogP contribution is -2.20. The zero-order chi connectivity index (χ0) is 12.7. The summed E-state index contributed by atoms with van der Waals surface area (Å²) >= 11 is 5.82. The first-order chi connectivity index (χ1) is 8.65. The third-order valence-corrected chi connectivity index (χ3v) is 3.51. The summed E-state index contributed by atoms with van der Waals surface area (Å²) in [6.45, 7) is 0. The molecular formula is C12H12ClFN4. The van der Waals surface area contributed by atoms with Crippen molar-refractivity contribution in [2.45, 2.75) is 25.3 Å². The molecule has 0 spiro atoms. The molecule has 1 aliphatic rings. The van der Waals surface area contributed by atoms with Gasteiger partial charge in [0.05, 0.1) is 11.1 Å². The number of hydrogen-bond acceptors (Lipinski definition) is 3. The second-order valence-electron chi connectivity index (χ2n) is 4.41. The van der Waals surface area contributed by atoms with Crippen molar-refractivity contribution in [2.24, 2.45) is 0 Å². The normalized spacial score (nSPS) is 18.7. The summed E-state index contributed by atoms with van der Waals surface area (Å²) in [6, 6.07) is 4.80. The minimum absolute atomic E-state index is 0.0386. The fourth-order valence-corrected chi connectivity index (χ4v) is 2.59. The molecule has 3 rings (SSSR count). The van der Waals surface area contributed by atoms with Crippen LogP contribution in [0.5, 0.6) is 0 Å². The van der Waals surface area contributed by atoms with Crippen LogP contribution in [0.15, 0.2) is 18.2 Å². The van der Waals surface area contributed by atoms with Crippen LogP contribution < -0.4 is 5.73 Å². The van der Waals surface area contributed by atoms with E-state index in [1.165, 1.54) is 6.07 Å². The van der Waals surface area contributed by atoms with Gasteiger partial charge in [0.2, 0.25) is 5.95 Å². The zero-order valence-electron chi connectivity index (χ0n) is 9.61. The van der Waals surface area contributed by atoms with Crippen LogP contribution >= 0.6 is 11.6 Å². The van der Waals surface area contributed by atoms with E-state index in [-0.39, 0.29) is 17.0 Å². The fraction of sp³-hybridized carbons (Fsp3) is 0.333. The van der Waals surface area contributed by atoms with E-state index in [4.69, 9.17) is 17.3 Å². The van der Waals surface area contributed by atoms with Gasteiger partial charge in [-0.15, -0.1) is 5.10 Å². The van der Waals surface area contributed by atoms with Crippen LogP contribution in [0.2, 0.25) is 5.02 Å². The molecule has 6 heteroatoms. The van der Waals surface area contributed by atoms with Crippen molar-refractivity contribution in [1.29, 1.82) is 0 Å². The van der Waals surface area contributed by atoms with E-state index in [1.54, 1.807) is 12.1 Å². The number of aryl methyl sites for hydroxylation is 1. The highest BCUT2D eigenvalue weighted by Gasteiger charge is 2.24. The summed E-state index contributed by atoms with van der Waals surface area (Å²) in [5.74, 6) is 0.754. The van der Waals surface area contributed by atoms with Gasteiger partial charge in [-0.3, -0.25) is 0 Å². The van der Waals surface area contributed by atoms with Crippen molar-refractivity contribution < 1.29 is 4.39 Å². The van der Waals surface area contributed by atoms with Crippen LogP contribution in [0.4, 0.5) is 10.3 Å². The van der Waals surface area contributed by atoms with Crippen LogP contribution in [0.1, 0.15) is 30.3 Å². The lowest BCUT2D eigenvalue weighted by Gasteiger charge is -2.23. The molecule has 0 fully saturated rings. The molecule has 1 atom stereocenters. The Hall–Kier alpha value is -1.62. The average molecular weight is 267 g/mol. The van der Waals surface area contributed by atoms with Crippen LogP contribution in [-0.2, 0) is 6.42 Å². The Kier molecular flexibility index (Phi) is 2.70. The van der Waals surface area contributed by atoms with Crippen molar-refractivity contribution in [3.63, 3.8) is 0 Å². The second-order valence-corrected chi connectivity index (χ2v) is 4.82. The van der Waals surface area contributed by atoms with Gasteiger partial charge in [-0.2, -0.15) is 4.98 Å². The molecule has 94 valence electrons. The minimum atomic E-state index is -0.408. The second kappa shape index (κ2) is 4.24. The predicted molar refractivity (Wildman–Crippen MR) is 66.9 cm³/mol. The number of nitrogens with zero attached hydrogens (tertiary/aromatic N) is 3. The van der Waals surface area contributed by atoms with Gasteiger partial charge >= 0.3 is 0 Å². The largest absolute Gasteiger partial charge is 0.366 e. The molecule has 18 heavy (non-hydrogen) atoms. The smallest absolute Gasteiger partial charge is 0.239 e. The summed E-state index contributed by atoms with van der Waals surface area (Å²) in [5.41, 5.74) is 6.56. The summed E-state index contributed by atoms with van der Waals surface area (Å²) in [6.07, 6.45) is 2.81. The first kappa shape index (κ1) is 11.5. The Balaban J connectivity index is 2.05. The van der Waals surface area contributed by atoms with Gasteiger partial charge in [0.1, 0.15) is 11.6 Å². The molecule has 2 heterocycles. The van der Waals surface area contributed by atoms with E-state index < -0.39 is 5.82 Å². The van der Waals surface area contributed by atoms with Gasteiger partial charge < -0.3 is 5.73 Å². The molecule has 2 aromatic rings. The highest BCUT2D eigenvalue weighted by Crippen LogP contribution is 2.31. The third kappa shape index (κ3) is 1.84. The molecule has 1 aromatic heterocycles. The molecule has 0 saturated heterocycles. The van der Waals surface area contributed by atoms with E-state index in [0.29, 0.717) is 0 Å². The van der Waals surface area contributed by atoms with Gasteiger partial charge in [-0.1, -0.05) is 17.7 Å². The average Bonchev–Trinajstić information content (AvgIpc) is 2.72. The highest BCUT2D eigenvalue weighted by atomic mass is 35.5. The Labute approximate surface area is 109 Å². The number of nitrogens with two attached hydrogens (primary N) is 1. The predicted octanol–water partition coefficient (Wildman–Crippen LogP) is 2.58. The van der Waals surface area contributed by atoms with Crippen LogP contribution in [-0.4, -0.2) is 14.8 Å². The molecule has 0 amide bonds. The molecule has 0 saturated carbocycles. The van der Waals surface area contributed by atoms with Gasteiger partial charge in [0.15, 0.2) is 0 Å². The number of aromatic nitrogens is 3. The number of fused-ring (bicyclic) bond motifs is 1. The van der Waals surface area contributed by atoms with Crippen molar-refractivity contribution in [3.8, 4) is 0 Å². The molecule has 0 radical (unpaired) electrons. The highest BCUT2D eigenvalue weighted by molar-refractivity contribution is 6.30. The molecule has 4 nitrogen and oxygen atoms in total. The maximum absolute atomic E-state index is 13.2. The Morgan fingerprint density at radius 1 is 1.44 bits per heavy atom. The van der Waals surface area contributed by atoms with Crippen LogP contribution in [0.3, 0.4) is 0 Å². The van der Waals surface area contributed by atoms with Crippen molar-refractivity contribution in [2.75, 3.05) is 5.73 Å².